The Kier molecular flexibility index (Phi) is 5.70. The lowest BCUT2D eigenvalue weighted by molar-refractivity contribution is -0.127. The molecular formula is C16H27N3O4S. The van der Waals surface area contributed by atoms with Crippen LogP contribution in [0.5, 0.6) is 0 Å². The first-order valence-electron chi connectivity index (χ1n) is 8.38. The lowest BCUT2D eigenvalue weighted by Gasteiger charge is -2.31. The third-order valence-corrected chi connectivity index (χ3v) is 6.90. The number of hydrogen-bond acceptors (Lipinski definition) is 5. The molecule has 0 spiro atoms. The molecule has 1 aromatic rings. The molecule has 1 aliphatic rings. The van der Waals surface area contributed by atoms with Crippen LogP contribution in [0.1, 0.15) is 45.1 Å². The van der Waals surface area contributed by atoms with Crippen LogP contribution < -0.4 is 5.32 Å². The first-order chi connectivity index (χ1) is 11.1. The molecule has 0 aliphatic carbocycles. The molecule has 1 fully saturated rings. The molecule has 0 radical (unpaired) electrons. The number of aromatic nitrogens is 1. The fraction of sp³-hybridized carbons (Fsp3) is 0.750. The quantitative estimate of drug-likeness (QED) is 0.868. The van der Waals surface area contributed by atoms with Gasteiger partial charge in [0, 0.05) is 25.0 Å². The van der Waals surface area contributed by atoms with Crippen molar-refractivity contribution in [3.05, 3.63) is 11.5 Å². The number of nitrogens with one attached hydrogen (secondary N) is 1. The summed E-state index contributed by atoms with van der Waals surface area (Å²) < 4.78 is 31.9. The Balaban J connectivity index is 2.01. The van der Waals surface area contributed by atoms with Gasteiger partial charge in [-0.05, 0) is 39.5 Å². The van der Waals surface area contributed by atoms with Gasteiger partial charge in [-0.25, -0.2) is 8.42 Å². The molecule has 136 valence electrons. The number of aryl methyl sites for hydroxylation is 2. The zero-order valence-electron chi connectivity index (χ0n) is 15.0. The van der Waals surface area contributed by atoms with Gasteiger partial charge < -0.3 is 9.84 Å². The first kappa shape index (κ1) is 18.9. The number of amides is 1. The van der Waals surface area contributed by atoms with E-state index in [-0.39, 0.29) is 22.8 Å². The van der Waals surface area contributed by atoms with Gasteiger partial charge in [-0.2, -0.15) is 4.31 Å². The van der Waals surface area contributed by atoms with Gasteiger partial charge >= 0.3 is 0 Å². The van der Waals surface area contributed by atoms with E-state index in [2.05, 4.69) is 24.3 Å². The Hall–Kier alpha value is -1.41. The van der Waals surface area contributed by atoms with E-state index in [1.54, 1.807) is 13.8 Å². The molecule has 7 nitrogen and oxygen atoms in total. The van der Waals surface area contributed by atoms with Crippen molar-refractivity contribution in [2.75, 3.05) is 13.1 Å². The minimum atomic E-state index is -3.62. The van der Waals surface area contributed by atoms with Gasteiger partial charge in [0.2, 0.25) is 15.9 Å². The highest BCUT2D eigenvalue weighted by molar-refractivity contribution is 7.89. The summed E-state index contributed by atoms with van der Waals surface area (Å²) in [4.78, 5) is 12.5. The molecule has 0 aromatic carbocycles. The van der Waals surface area contributed by atoms with Crippen LogP contribution in [-0.4, -0.2) is 42.9 Å². The molecule has 0 saturated carbocycles. The zero-order chi connectivity index (χ0) is 18.1. The summed E-state index contributed by atoms with van der Waals surface area (Å²) in [7, 11) is -3.62. The number of rotatable bonds is 5. The van der Waals surface area contributed by atoms with Crippen molar-refractivity contribution in [1.29, 1.82) is 0 Å². The minimum absolute atomic E-state index is 0.0191. The predicted molar refractivity (Wildman–Crippen MR) is 89.9 cm³/mol. The van der Waals surface area contributed by atoms with Crippen LogP contribution >= 0.6 is 0 Å². The van der Waals surface area contributed by atoms with Gasteiger partial charge in [0.1, 0.15) is 10.6 Å². The Bertz CT molecular complexity index is 669. The van der Waals surface area contributed by atoms with Crippen LogP contribution in [0, 0.1) is 25.7 Å². The maximum absolute atomic E-state index is 12.8. The van der Waals surface area contributed by atoms with E-state index >= 15 is 0 Å². The van der Waals surface area contributed by atoms with Crippen LogP contribution in [0.25, 0.3) is 0 Å². The second kappa shape index (κ2) is 7.23. The predicted octanol–water partition coefficient (Wildman–Crippen LogP) is 1.85. The number of carbonyl (C=O) groups is 1. The van der Waals surface area contributed by atoms with Crippen LogP contribution in [0.4, 0.5) is 0 Å². The Morgan fingerprint density at radius 3 is 2.29 bits per heavy atom. The van der Waals surface area contributed by atoms with E-state index in [1.165, 1.54) is 4.31 Å². The summed E-state index contributed by atoms with van der Waals surface area (Å²) in [5, 5.41) is 6.74. The smallest absolute Gasteiger partial charge is 0.248 e. The maximum Gasteiger partial charge on any atom is 0.248 e. The van der Waals surface area contributed by atoms with Crippen molar-refractivity contribution >= 4 is 15.9 Å². The summed E-state index contributed by atoms with van der Waals surface area (Å²) in [5.41, 5.74) is 0.373. The molecule has 8 heteroatoms. The molecule has 1 aromatic heterocycles. The molecule has 0 unspecified atom stereocenters. The maximum atomic E-state index is 12.8. The third kappa shape index (κ3) is 3.80. The van der Waals surface area contributed by atoms with Gasteiger partial charge in [-0.15, -0.1) is 0 Å². The van der Waals surface area contributed by atoms with Gasteiger partial charge in [-0.3, -0.25) is 4.79 Å². The molecule has 1 saturated heterocycles. The second-order valence-corrected chi connectivity index (χ2v) is 8.75. The van der Waals surface area contributed by atoms with Crippen LogP contribution in [0.2, 0.25) is 0 Å². The third-order valence-electron chi connectivity index (χ3n) is 4.76. The fourth-order valence-corrected chi connectivity index (χ4v) is 4.60. The van der Waals surface area contributed by atoms with E-state index in [1.807, 2.05) is 6.92 Å². The Morgan fingerprint density at radius 2 is 1.83 bits per heavy atom. The van der Waals surface area contributed by atoms with Gasteiger partial charge in [0.25, 0.3) is 0 Å². The van der Waals surface area contributed by atoms with E-state index in [9.17, 15) is 13.2 Å². The Morgan fingerprint density at radius 1 is 1.25 bits per heavy atom. The van der Waals surface area contributed by atoms with Gasteiger partial charge in [0.05, 0.1) is 0 Å². The van der Waals surface area contributed by atoms with Crippen molar-refractivity contribution in [2.24, 2.45) is 11.8 Å². The van der Waals surface area contributed by atoms with Gasteiger partial charge in [0.15, 0.2) is 5.76 Å². The fourth-order valence-electron chi connectivity index (χ4n) is 2.84. The number of sulfonamides is 1. The summed E-state index contributed by atoms with van der Waals surface area (Å²) in [5.74, 6) is 0.556. The number of hydrogen-bond donors (Lipinski definition) is 1. The van der Waals surface area contributed by atoms with Crippen LogP contribution in [0.3, 0.4) is 0 Å². The van der Waals surface area contributed by atoms with Crippen molar-refractivity contribution in [3.8, 4) is 0 Å². The molecule has 1 atom stereocenters. The highest BCUT2D eigenvalue weighted by Crippen LogP contribution is 2.27. The van der Waals surface area contributed by atoms with Crippen LogP contribution in [0.15, 0.2) is 9.42 Å². The second-order valence-electron chi connectivity index (χ2n) is 6.87. The summed E-state index contributed by atoms with van der Waals surface area (Å²) >= 11 is 0. The van der Waals surface area contributed by atoms with E-state index in [0.29, 0.717) is 43.3 Å². The minimum Gasteiger partial charge on any atom is -0.360 e. The summed E-state index contributed by atoms with van der Waals surface area (Å²) in [6.45, 7) is 9.99. The largest absolute Gasteiger partial charge is 0.360 e. The number of piperidine rings is 1. The van der Waals surface area contributed by atoms with Crippen molar-refractivity contribution in [1.82, 2.24) is 14.8 Å². The van der Waals surface area contributed by atoms with Crippen molar-refractivity contribution in [3.63, 3.8) is 0 Å². The Labute approximate surface area is 143 Å². The standard InChI is InChI=1S/C16H27N3O4S/c1-10(2)11(3)17-16(20)14-6-8-19(9-7-14)24(21,22)15-12(4)18-23-13(15)5/h10-11,14H,6-9H2,1-5H3,(H,17,20)/t11-/m1/s1. The lowest BCUT2D eigenvalue weighted by atomic mass is 9.96. The molecule has 0 bridgehead atoms. The SMILES string of the molecule is Cc1noc(C)c1S(=O)(=O)N1CCC(C(=O)N[C@H](C)C(C)C)CC1. The zero-order valence-corrected chi connectivity index (χ0v) is 15.8. The average Bonchev–Trinajstić information content (AvgIpc) is 2.86. The molecule has 1 N–H and O–H groups in total. The lowest BCUT2D eigenvalue weighted by Crippen LogP contribution is -2.45. The summed E-state index contributed by atoms with van der Waals surface area (Å²) in [6, 6.07) is 0.113. The average molecular weight is 357 g/mol. The van der Waals surface area contributed by atoms with Crippen molar-refractivity contribution in [2.45, 2.75) is 58.4 Å². The first-order valence-corrected chi connectivity index (χ1v) is 9.82. The topological polar surface area (TPSA) is 92.5 Å². The van der Waals surface area contributed by atoms with Gasteiger partial charge in [-0.1, -0.05) is 19.0 Å². The van der Waals surface area contributed by atoms with E-state index < -0.39 is 10.0 Å². The monoisotopic (exact) mass is 357 g/mol. The molecular weight excluding hydrogens is 330 g/mol. The summed E-state index contributed by atoms with van der Waals surface area (Å²) in [6.07, 6.45) is 1.05. The number of carbonyl (C=O) groups excluding carboxylic acids is 1. The number of nitrogens with zero attached hydrogens (tertiary/aromatic N) is 2. The van der Waals surface area contributed by atoms with E-state index in [0.717, 1.165) is 0 Å². The molecule has 2 heterocycles. The highest BCUT2D eigenvalue weighted by atomic mass is 32.2. The molecule has 2 rings (SSSR count). The molecule has 1 aliphatic heterocycles. The molecule has 24 heavy (non-hydrogen) atoms. The highest BCUT2D eigenvalue weighted by Gasteiger charge is 2.35. The van der Waals surface area contributed by atoms with E-state index in [4.69, 9.17) is 4.52 Å². The molecule has 1 amide bonds. The van der Waals surface area contributed by atoms with Crippen molar-refractivity contribution < 1.29 is 17.7 Å². The normalized spacial score (nSPS) is 18.8. The van der Waals surface area contributed by atoms with Crippen LogP contribution in [-0.2, 0) is 14.8 Å².